The molecule has 7 nitrogen and oxygen atoms in total. The fraction of sp³-hybridized carbons (Fsp3) is 0.200. The lowest BCUT2D eigenvalue weighted by Crippen LogP contribution is -2.21. The lowest BCUT2D eigenvalue weighted by Gasteiger charge is -2.08. The van der Waals surface area contributed by atoms with Crippen LogP contribution in [0.3, 0.4) is 0 Å². The van der Waals surface area contributed by atoms with Crippen LogP contribution in [0.4, 0.5) is 0 Å². The predicted molar refractivity (Wildman–Crippen MR) is 105 cm³/mol. The first-order valence-electron chi connectivity index (χ1n) is 8.64. The molecule has 3 aromatic heterocycles. The lowest BCUT2D eigenvalue weighted by atomic mass is 10.1. The fourth-order valence-electron chi connectivity index (χ4n) is 2.96. The van der Waals surface area contributed by atoms with Crippen molar-refractivity contribution in [3.63, 3.8) is 0 Å². The van der Waals surface area contributed by atoms with Gasteiger partial charge in [-0.15, -0.1) is 0 Å². The van der Waals surface area contributed by atoms with Crippen LogP contribution in [0.2, 0.25) is 5.02 Å². The van der Waals surface area contributed by atoms with E-state index in [0.717, 1.165) is 0 Å². The molecule has 8 heteroatoms. The molecule has 0 N–H and O–H groups in total. The van der Waals surface area contributed by atoms with Gasteiger partial charge in [0.2, 0.25) is 0 Å². The quantitative estimate of drug-likeness (QED) is 0.487. The number of carbonyl (C=O) groups is 1. The highest BCUT2D eigenvalue weighted by Gasteiger charge is 2.19. The normalized spacial score (nSPS) is 11.4. The molecule has 0 aliphatic carbocycles. The maximum atomic E-state index is 12.6. The van der Waals surface area contributed by atoms with E-state index in [1.807, 2.05) is 0 Å². The third-order valence-electron chi connectivity index (χ3n) is 4.15. The Morgan fingerprint density at radius 1 is 1.32 bits per heavy atom. The number of halogens is 1. The summed E-state index contributed by atoms with van der Waals surface area (Å²) in [6, 6.07) is 6.63. The van der Waals surface area contributed by atoms with Crippen LogP contribution in [-0.4, -0.2) is 26.6 Å². The Bertz CT molecular complexity index is 1260. The van der Waals surface area contributed by atoms with Gasteiger partial charge in [-0.2, -0.15) is 0 Å². The zero-order valence-corrected chi connectivity index (χ0v) is 15.9. The minimum atomic E-state index is -0.515. The van der Waals surface area contributed by atoms with E-state index in [4.69, 9.17) is 20.8 Å². The molecule has 0 aliphatic heterocycles. The second kappa shape index (κ2) is 7.09. The number of ether oxygens (including phenoxy) is 1. The molecule has 0 atom stereocenters. The highest BCUT2D eigenvalue weighted by atomic mass is 35.5. The van der Waals surface area contributed by atoms with E-state index < -0.39 is 5.97 Å². The minimum Gasteiger partial charge on any atom is -0.459 e. The Morgan fingerprint density at radius 2 is 2.14 bits per heavy atom. The standard InChI is InChI=1S/C20H16ClN3O4/c1-11(2)27-20(26)15-7-13(21)5-12-6-14(28-18(12)15)9-24-10-23-17-3-4-22-8-16(17)19(24)25/h3-8,10-11H,9H2,1-2H3. The number of furan rings is 1. The van der Waals surface area contributed by atoms with Gasteiger partial charge in [-0.3, -0.25) is 14.3 Å². The first kappa shape index (κ1) is 18.2. The molecule has 0 bridgehead atoms. The van der Waals surface area contributed by atoms with Gasteiger partial charge < -0.3 is 9.15 Å². The van der Waals surface area contributed by atoms with Crippen molar-refractivity contribution in [3.8, 4) is 0 Å². The fourth-order valence-corrected chi connectivity index (χ4v) is 3.19. The van der Waals surface area contributed by atoms with Gasteiger partial charge in [-0.1, -0.05) is 11.6 Å². The van der Waals surface area contributed by atoms with Crippen LogP contribution in [0.5, 0.6) is 0 Å². The summed E-state index contributed by atoms with van der Waals surface area (Å²) < 4.78 is 12.6. The van der Waals surface area contributed by atoms with Crippen molar-refractivity contribution < 1.29 is 13.9 Å². The average Bonchev–Trinajstić information content (AvgIpc) is 3.05. The van der Waals surface area contributed by atoms with Crippen molar-refractivity contribution in [3.05, 3.63) is 69.7 Å². The number of hydrogen-bond acceptors (Lipinski definition) is 6. The molecule has 0 saturated carbocycles. The number of pyridine rings is 1. The van der Waals surface area contributed by atoms with Gasteiger partial charge in [-0.25, -0.2) is 9.78 Å². The van der Waals surface area contributed by atoms with Crippen LogP contribution in [0.25, 0.3) is 21.9 Å². The third-order valence-corrected chi connectivity index (χ3v) is 4.36. The summed E-state index contributed by atoms with van der Waals surface area (Å²) in [4.78, 5) is 33.3. The third kappa shape index (κ3) is 3.36. The van der Waals surface area contributed by atoms with Crippen LogP contribution in [0.15, 0.2) is 52.2 Å². The molecule has 0 spiro atoms. The smallest absolute Gasteiger partial charge is 0.342 e. The molecule has 3 heterocycles. The summed E-state index contributed by atoms with van der Waals surface area (Å²) in [5, 5.41) is 1.47. The van der Waals surface area contributed by atoms with Gasteiger partial charge in [0.15, 0.2) is 0 Å². The maximum absolute atomic E-state index is 12.6. The number of nitrogens with zero attached hydrogens (tertiary/aromatic N) is 3. The maximum Gasteiger partial charge on any atom is 0.342 e. The molecular weight excluding hydrogens is 382 g/mol. The molecule has 28 heavy (non-hydrogen) atoms. The number of fused-ring (bicyclic) bond motifs is 2. The van der Waals surface area contributed by atoms with Gasteiger partial charge >= 0.3 is 5.97 Å². The Kier molecular flexibility index (Phi) is 4.60. The van der Waals surface area contributed by atoms with Crippen molar-refractivity contribution in [2.24, 2.45) is 0 Å². The van der Waals surface area contributed by atoms with E-state index in [2.05, 4.69) is 9.97 Å². The van der Waals surface area contributed by atoms with Crippen LogP contribution in [0, 0.1) is 0 Å². The minimum absolute atomic E-state index is 0.154. The SMILES string of the molecule is CC(C)OC(=O)c1cc(Cl)cc2cc(Cn3cnc4ccncc4c3=O)oc12. The molecule has 0 radical (unpaired) electrons. The zero-order chi connectivity index (χ0) is 19.8. The van der Waals surface area contributed by atoms with Crippen molar-refractivity contribution in [1.82, 2.24) is 14.5 Å². The second-order valence-electron chi connectivity index (χ2n) is 6.61. The van der Waals surface area contributed by atoms with E-state index in [0.29, 0.717) is 32.7 Å². The van der Waals surface area contributed by atoms with Crippen LogP contribution in [0.1, 0.15) is 30.0 Å². The summed E-state index contributed by atoms with van der Waals surface area (Å²) in [5.41, 5.74) is 0.964. The molecule has 4 aromatic rings. The van der Waals surface area contributed by atoms with E-state index in [1.165, 1.54) is 23.2 Å². The number of aromatic nitrogens is 3. The number of rotatable bonds is 4. The number of benzene rings is 1. The summed E-state index contributed by atoms with van der Waals surface area (Å²) >= 11 is 6.14. The second-order valence-corrected chi connectivity index (χ2v) is 7.05. The molecule has 0 amide bonds. The van der Waals surface area contributed by atoms with Crippen LogP contribution < -0.4 is 5.56 Å². The molecule has 0 saturated heterocycles. The summed E-state index contributed by atoms with van der Waals surface area (Å²) in [5.74, 6) is -0.0259. The summed E-state index contributed by atoms with van der Waals surface area (Å²) in [6.07, 6.45) is 4.25. The van der Waals surface area contributed by atoms with Crippen molar-refractivity contribution in [2.75, 3.05) is 0 Å². The van der Waals surface area contributed by atoms with Crippen molar-refractivity contribution in [2.45, 2.75) is 26.5 Å². The van der Waals surface area contributed by atoms with Gasteiger partial charge in [0.1, 0.15) is 16.9 Å². The van der Waals surface area contributed by atoms with E-state index in [1.54, 1.807) is 38.2 Å². The van der Waals surface area contributed by atoms with E-state index >= 15 is 0 Å². The molecule has 1 aromatic carbocycles. The molecule has 142 valence electrons. The Labute approximate surface area is 164 Å². The average molecular weight is 398 g/mol. The predicted octanol–water partition coefficient (Wildman–Crippen LogP) is 3.80. The summed E-state index contributed by atoms with van der Waals surface area (Å²) in [7, 11) is 0. The molecule has 0 fully saturated rings. The highest BCUT2D eigenvalue weighted by molar-refractivity contribution is 6.32. The van der Waals surface area contributed by atoms with Gasteiger partial charge in [0, 0.05) is 22.8 Å². The van der Waals surface area contributed by atoms with Gasteiger partial charge in [0.25, 0.3) is 5.56 Å². The Morgan fingerprint density at radius 3 is 2.93 bits per heavy atom. The lowest BCUT2D eigenvalue weighted by molar-refractivity contribution is 0.0379. The van der Waals surface area contributed by atoms with Gasteiger partial charge in [0.05, 0.1) is 29.9 Å². The number of hydrogen-bond donors (Lipinski definition) is 0. The number of carbonyl (C=O) groups excluding carboxylic acids is 1. The topological polar surface area (TPSA) is 87.2 Å². The Balaban J connectivity index is 1.76. The summed E-state index contributed by atoms with van der Waals surface area (Å²) in [6.45, 7) is 3.68. The zero-order valence-electron chi connectivity index (χ0n) is 15.2. The number of esters is 1. The van der Waals surface area contributed by atoms with Gasteiger partial charge in [-0.05, 0) is 38.1 Å². The van der Waals surface area contributed by atoms with E-state index in [-0.39, 0.29) is 23.8 Å². The van der Waals surface area contributed by atoms with Crippen LogP contribution >= 0.6 is 11.6 Å². The highest BCUT2D eigenvalue weighted by Crippen LogP contribution is 2.28. The van der Waals surface area contributed by atoms with Crippen molar-refractivity contribution >= 4 is 39.4 Å². The molecule has 0 unspecified atom stereocenters. The largest absolute Gasteiger partial charge is 0.459 e. The molecular formula is C20H16ClN3O4. The first-order chi connectivity index (χ1) is 13.4. The van der Waals surface area contributed by atoms with Crippen LogP contribution in [-0.2, 0) is 11.3 Å². The Hall–Kier alpha value is -3.19. The first-order valence-corrected chi connectivity index (χ1v) is 9.02. The van der Waals surface area contributed by atoms with E-state index in [9.17, 15) is 9.59 Å². The molecule has 0 aliphatic rings. The molecule has 4 rings (SSSR count). The monoisotopic (exact) mass is 397 g/mol. The van der Waals surface area contributed by atoms with Crippen molar-refractivity contribution in [1.29, 1.82) is 0 Å².